The third kappa shape index (κ3) is 5.34. The molecule has 2 amide bonds. The van der Waals surface area contributed by atoms with E-state index in [1.54, 1.807) is 42.5 Å². The summed E-state index contributed by atoms with van der Waals surface area (Å²) in [6.45, 7) is 0.370. The average Bonchev–Trinajstić information content (AvgIpc) is 3.02. The predicted molar refractivity (Wildman–Crippen MR) is 143 cm³/mol. The van der Waals surface area contributed by atoms with Gasteiger partial charge in [-0.25, -0.2) is 4.90 Å². The van der Waals surface area contributed by atoms with Gasteiger partial charge in [0.25, 0.3) is 11.1 Å². The lowest BCUT2D eigenvalue weighted by Gasteiger charge is -2.12. The Kier molecular flexibility index (Phi) is 7.51. The van der Waals surface area contributed by atoms with Gasteiger partial charge >= 0.3 is 0 Å². The average molecular weight is 661 g/mol. The number of ether oxygens (including phenoxy) is 1. The zero-order valence-corrected chi connectivity index (χ0v) is 22.2. The smallest absolute Gasteiger partial charge is 0.298 e. The van der Waals surface area contributed by atoms with Crippen LogP contribution in [0.5, 0.6) is 5.75 Å². The molecule has 1 heterocycles. The van der Waals surface area contributed by atoms with E-state index < -0.39 is 5.91 Å². The van der Waals surface area contributed by atoms with Gasteiger partial charge in [-0.1, -0.05) is 35.3 Å². The molecule has 4 nitrogen and oxygen atoms in total. The number of rotatable bonds is 5. The van der Waals surface area contributed by atoms with Crippen LogP contribution in [0.4, 0.5) is 10.5 Å². The van der Waals surface area contributed by atoms with Crippen molar-refractivity contribution in [2.45, 2.75) is 6.61 Å². The molecule has 1 aliphatic rings. The van der Waals surface area contributed by atoms with Crippen LogP contribution in [-0.4, -0.2) is 11.1 Å². The highest BCUT2D eigenvalue weighted by Crippen LogP contribution is 2.39. The number of amides is 2. The van der Waals surface area contributed by atoms with Gasteiger partial charge in [0.1, 0.15) is 6.61 Å². The van der Waals surface area contributed by atoms with Gasteiger partial charge in [-0.2, -0.15) is 0 Å². The number of hydrogen-bond donors (Lipinski definition) is 0. The Hall–Kier alpha value is -1.52. The van der Waals surface area contributed by atoms with Crippen LogP contribution in [0.15, 0.2) is 70.0 Å². The van der Waals surface area contributed by atoms with Gasteiger partial charge in [0.15, 0.2) is 5.75 Å². The molecule has 0 spiro atoms. The standard InChI is InChI=1S/C23H13BrCl2INO3S/c24-18-9-14(10-19(26)21(18)31-12-13-1-5-16(27)6-2-13)11-20-22(29)28(23(30)32-20)17-7-3-15(25)4-8-17/h1-11H,12H2/b20-11+. The number of nitrogens with zero attached hydrogens (tertiary/aromatic N) is 1. The zero-order chi connectivity index (χ0) is 22.8. The van der Waals surface area contributed by atoms with E-state index in [9.17, 15) is 9.59 Å². The molecule has 0 N–H and O–H groups in total. The molecule has 162 valence electrons. The molecule has 1 saturated heterocycles. The van der Waals surface area contributed by atoms with E-state index in [-0.39, 0.29) is 5.24 Å². The van der Waals surface area contributed by atoms with E-state index in [4.69, 9.17) is 27.9 Å². The van der Waals surface area contributed by atoms with Crippen molar-refractivity contribution in [1.29, 1.82) is 0 Å². The zero-order valence-electron chi connectivity index (χ0n) is 16.2. The van der Waals surface area contributed by atoms with Crippen LogP contribution >= 0.6 is 73.5 Å². The predicted octanol–water partition coefficient (Wildman–Crippen LogP) is 8.18. The number of anilines is 1. The van der Waals surface area contributed by atoms with Crippen molar-refractivity contribution in [1.82, 2.24) is 0 Å². The van der Waals surface area contributed by atoms with Gasteiger partial charge in [0.2, 0.25) is 0 Å². The molecule has 0 aliphatic carbocycles. The van der Waals surface area contributed by atoms with E-state index in [0.29, 0.717) is 43.0 Å². The molecule has 4 rings (SSSR count). The topological polar surface area (TPSA) is 46.6 Å². The minimum Gasteiger partial charge on any atom is -0.486 e. The van der Waals surface area contributed by atoms with E-state index >= 15 is 0 Å². The first-order valence-electron chi connectivity index (χ1n) is 9.21. The quantitative estimate of drug-likeness (QED) is 0.205. The minimum absolute atomic E-state index is 0.306. The van der Waals surface area contributed by atoms with Crippen molar-refractivity contribution >= 4 is 96.4 Å². The Labute approximate surface area is 221 Å². The van der Waals surface area contributed by atoms with Crippen LogP contribution in [-0.2, 0) is 11.4 Å². The lowest BCUT2D eigenvalue weighted by Crippen LogP contribution is -2.27. The molecule has 0 saturated carbocycles. The summed E-state index contributed by atoms with van der Waals surface area (Å²) >= 11 is 19.0. The molecule has 0 unspecified atom stereocenters. The maximum absolute atomic E-state index is 12.8. The van der Waals surface area contributed by atoms with E-state index in [2.05, 4.69) is 38.5 Å². The molecule has 9 heteroatoms. The van der Waals surface area contributed by atoms with Crippen molar-refractivity contribution in [2.75, 3.05) is 4.90 Å². The SMILES string of the molecule is O=C1S/C(=C/c2cc(Cl)c(OCc3ccc(I)cc3)c(Br)c2)C(=O)N1c1ccc(Cl)cc1. The van der Waals surface area contributed by atoms with Crippen molar-refractivity contribution in [2.24, 2.45) is 0 Å². The number of hydrogen-bond acceptors (Lipinski definition) is 4. The van der Waals surface area contributed by atoms with Crippen LogP contribution in [0.25, 0.3) is 6.08 Å². The van der Waals surface area contributed by atoms with Crippen LogP contribution in [0, 0.1) is 3.57 Å². The third-order valence-electron chi connectivity index (χ3n) is 4.49. The van der Waals surface area contributed by atoms with Crippen LogP contribution in [0.1, 0.15) is 11.1 Å². The molecular weight excluding hydrogens is 648 g/mol. The fourth-order valence-electron chi connectivity index (χ4n) is 2.97. The molecule has 32 heavy (non-hydrogen) atoms. The van der Waals surface area contributed by atoms with Gasteiger partial charge < -0.3 is 4.74 Å². The van der Waals surface area contributed by atoms with Crippen molar-refractivity contribution in [3.05, 3.63) is 94.8 Å². The lowest BCUT2D eigenvalue weighted by molar-refractivity contribution is -0.113. The van der Waals surface area contributed by atoms with Gasteiger partial charge in [-0.3, -0.25) is 9.59 Å². The second-order valence-corrected chi connectivity index (χ2v) is 10.7. The van der Waals surface area contributed by atoms with E-state index in [0.717, 1.165) is 25.8 Å². The van der Waals surface area contributed by atoms with Crippen molar-refractivity contribution in [3.63, 3.8) is 0 Å². The number of benzene rings is 3. The number of halogens is 4. The molecular formula is C23H13BrCl2INO3S. The lowest BCUT2D eigenvalue weighted by atomic mass is 10.2. The highest BCUT2D eigenvalue weighted by atomic mass is 127. The second kappa shape index (κ2) is 10.2. The molecule has 0 atom stereocenters. The summed E-state index contributed by atoms with van der Waals surface area (Å²) in [6, 6.07) is 18.0. The summed E-state index contributed by atoms with van der Waals surface area (Å²) < 4.78 is 7.69. The van der Waals surface area contributed by atoms with Gasteiger partial charge in [0, 0.05) is 8.59 Å². The fraction of sp³-hybridized carbons (Fsp3) is 0.0435. The van der Waals surface area contributed by atoms with Crippen molar-refractivity contribution < 1.29 is 14.3 Å². The second-order valence-electron chi connectivity index (χ2n) is 6.72. The maximum atomic E-state index is 12.8. The Bertz CT molecular complexity index is 1210. The number of imide groups is 1. The molecule has 3 aromatic carbocycles. The van der Waals surface area contributed by atoms with Gasteiger partial charge in [0.05, 0.1) is 20.1 Å². The first-order chi connectivity index (χ1) is 15.3. The van der Waals surface area contributed by atoms with Gasteiger partial charge in [-0.05, 0) is 116 Å². The third-order valence-corrected chi connectivity index (χ3v) is 7.20. The first kappa shape index (κ1) is 23.6. The summed E-state index contributed by atoms with van der Waals surface area (Å²) in [5.74, 6) is 0.116. The van der Waals surface area contributed by atoms with E-state index in [1.165, 1.54) is 0 Å². The largest absolute Gasteiger partial charge is 0.486 e. The Balaban J connectivity index is 1.54. The Morgan fingerprint density at radius 2 is 1.72 bits per heavy atom. The summed E-state index contributed by atoms with van der Waals surface area (Å²) in [4.78, 5) is 26.7. The molecule has 0 aromatic heterocycles. The fourth-order valence-corrected chi connectivity index (χ4v) is 5.28. The van der Waals surface area contributed by atoms with Gasteiger partial charge in [-0.15, -0.1) is 0 Å². The first-order valence-corrected chi connectivity index (χ1v) is 12.7. The summed E-state index contributed by atoms with van der Waals surface area (Å²) in [5, 5.41) is 0.555. The van der Waals surface area contributed by atoms with Crippen molar-refractivity contribution in [3.8, 4) is 5.75 Å². The number of carbonyl (C=O) groups is 2. The maximum Gasteiger partial charge on any atom is 0.298 e. The van der Waals surface area contributed by atoms with Crippen LogP contribution in [0.2, 0.25) is 10.0 Å². The highest BCUT2D eigenvalue weighted by Gasteiger charge is 2.36. The summed E-state index contributed by atoms with van der Waals surface area (Å²) in [5.41, 5.74) is 2.16. The molecule has 1 fully saturated rings. The summed E-state index contributed by atoms with van der Waals surface area (Å²) in [6.07, 6.45) is 1.64. The Morgan fingerprint density at radius 1 is 1.03 bits per heavy atom. The minimum atomic E-state index is -0.395. The molecule has 0 bridgehead atoms. The Morgan fingerprint density at radius 3 is 2.38 bits per heavy atom. The van der Waals surface area contributed by atoms with E-state index in [1.807, 2.05) is 24.3 Å². The molecule has 0 radical (unpaired) electrons. The van der Waals surface area contributed by atoms with Crippen LogP contribution in [0.3, 0.4) is 0 Å². The van der Waals surface area contributed by atoms with Crippen LogP contribution < -0.4 is 9.64 Å². The normalized spacial score (nSPS) is 15.0. The summed E-state index contributed by atoms with van der Waals surface area (Å²) in [7, 11) is 0. The monoisotopic (exact) mass is 659 g/mol. The number of carbonyl (C=O) groups excluding carboxylic acids is 2. The number of thioether (sulfide) groups is 1. The molecule has 1 aliphatic heterocycles. The molecule has 3 aromatic rings. The highest BCUT2D eigenvalue weighted by molar-refractivity contribution is 14.1.